The first kappa shape index (κ1) is 22.7. The first-order chi connectivity index (χ1) is 17.5. The number of carbonyl (C=O) groups excluding carboxylic acids is 1. The van der Waals surface area contributed by atoms with E-state index < -0.39 is 5.41 Å². The van der Waals surface area contributed by atoms with E-state index in [1.54, 1.807) is 18.7 Å². The first-order valence-electron chi connectivity index (χ1n) is 12.5. The van der Waals surface area contributed by atoms with Crippen molar-refractivity contribution < 1.29 is 9.53 Å². The third-order valence-corrected chi connectivity index (χ3v) is 7.56. The lowest BCUT2D eigenvalue weighted by Gasteiger charge is -2.30. The van der Waals surface area contributed by atoms with Gasteiger partial charge in [0.1, 0.15) is 29.2 Å². The van der Waals surface area contributed by atoms with Gasteiger partial charge in [-0.2, -0.15) is 0 Å². The van der Waals surface area contributed by atoms with E-state index in [1.165, 1.54) is 0 Å². The minimum Gasteiger partial charge on any atom is -0.381 e. The number of benzene rings is 1. The Bertz CT molecular complexity index is 1460. The van der Waals surface area contributed by atoms with Gasteiger partial charge in [0.2, 0.25) is 5.91 Å². The Kier molecular flexibility index (Phi) is 5.52. The van der Waals surface area contributed by atoms with Gasteiger partial charge in [0.05, 0.1) is 11.0 Å². The number of nitrogens with one attached hydrogen (secondary N) is 1. The van der Waals surface area contributed by atoms with E-state index in [1.807, 2.05) is 19.1 Å². The minimum atomic E-state index is -0.591. The molecule has 9 heteroatoms. The number of hydrogen-bond acceptors (Lipinski definition) is 7. The number of rotatable bonds is 5. The Morgan fingerprint density at radius 2 is 1.89 bits per heavy atom. The van der Waals surface area contributed by atoms with Crippen molar-refractivity contribution in [2.24, 2.45) is 5.92 Å². The molecule has 1 N–H and O–H groups in total. The second-order valence-electron chi connectivity index (χ2n) is 9.90. The average Bonchev–Trinajstić information content (AvgIpc) is 3.39. The van der Waals surface area contributed by atoms with Crippen molar-refractivity contribution in [3.63, 3.8) is 0 Å². The van der Waals surface area contributed by atoms with Crippen LogP contribution in [-0.4, -0.2) is 48.6 Å². The van der Waals surface area contributed by atoms with E-state index in [-0.39, 0.29) is 5.91 Å². The van der Waals surface area contributed by atoms with Gasteiger partial charge in [-0.1, -0.05) is 6.07 Å². The topological polar surface area (TPSA) is 108 Å². The van der Waals surface area contributed by atoms with Gasteiger partial charge < -0.3 is 14.6 Å². The molecule has 2 aliphatic rings. The van der Waals surface area contributed by atoms with Crippen molar-refractivity contribution >= 4 is 22.8 Å². The van der Waals surface area contributed by atoms with Gasteiger partial charge in [0.15, 0.2) is 5.65 Å². The molecule has 1 saturated heterocycles. The molecule has 2 aliphatic heterocycles. The van der Waals surface area contributed by atoms with Crippen molar-refractivity contribution in [3.05, 3.63) is 48.3 Å². The molecule has 0 spiro atoms. The molecule has 1 atom stereocenters. The van der Waals surface area contributed by atoms with Crippen LogP contribution in [0.3, 0.4) is 0 Å². The van der Waals surface area contributed by atoms with Crippen molar-refractivity contribution in [1.29, 1.82) is 0 Å². The lowest BCUT2D eigenvalue weighted by atomic mass is 9.74. The zero-order chi connectivity index (χ0) is 24.9. The molecule has 0 radical (unpaired) electrons. The number of hydrogen-bond donors (Lipinski definition) is 1. The summed E-state index contributed by atoms with van der Waals surface area (Å²) in [6.07, 6.45) is 7.95. The lowest BCUT2D eigenvalue weighted by Crippen LogP contribution is -2.34. The number of anilines is 1. The Morgan fingerprint density at radius 1 is 1.11 bits per heavy atom. The van der Waals surface area contributed by atoms with E-state index in [0.29, 0.717) is 18.3 Å². The summed E-state index contributed by atoms with van der Waals surface area (Å²) in [5.41, 5.74) is 5.29. The Balaban J connectivity index is 1.45. The number of fused-ring (bicyclic) bond motifs is 2. The highest BCUT2D eigenvalue weighted by Crippen LogP contribution is 2.45. The normalized spacial score (nSPS) is 20.0. The molecule has 36 heavy (non-hydrogen) atoms. The van der Waals surface area contributed by atoms with Gasteiger partial charge in [0.25, 0.3) is 0 Å². The number of nitrogens with zero attached hydrogens (tertiary/aromatic N) is 6. The summed E-state index contributed by atoms with van der Waals surface area (Å²) in [6, 6.07) is 6.09. The molecular formula is C27H29N7O2. The summed E-state index contributed by atoms with van der Waals surface area (Å²) in [7, 11) is 0. The van der Waals surface area contributed by atoms with Crippen LogP contribution in [0.25, 0.3) is 33.8 Å². The smallest absolute Gasteiger partial charge is 0.234 e. The Morgan fingerprint density at radius 3 is 2.64 bits per heavy atom. The molecule has 184 valence electrons. The van der Waals surface area contributed by atoms with Crippen molar-refractivity contribution in [2.45, 2.75) is 52.0 Å². The van der Waals surface area contributed by atoms with Gasteiger partial charge in [-0.05, 0) is 63.6 Å². The Hall–Kier alpha value is -3.72. The molecule has 0 bridgehead atoms. The molecule has 5 heterocycles. The maximum absolute atomic E-state index is 13.2. The molecule has 1 amide bonds. The van der Waals surface area contributed by atoms with Gasteiger partial charge in [-0.15, -0.1) is 0 Å². The van der Waals surface area contributed by atoms with Crippen molar-refractivity contribution in [3.8, 4) is 22.6 Å². The second-order valence-corrected chi connectivity index (χ2v) is 9.90. The largest absolute Gasteiger partial charge is 0.381 e. The second kappa shape index (κ2) is 8.74. The number of carbonyl (C=O) groups is 1. The number of amides is 1. The molecule has 9 nitrogen and oxygen atoms in total. The van der Waals surface area contributed by atoms with Crippen molar-refractivity contribution in [2.75, 3.05) is 18.5 Å². The third-order valence-electron chi connectivity index (χ3n) is 7.56. The summed E-state index contributed by atoms with van der Waals surface area (Å²) in [6.45, 7) is 8.22. The maximum Gasteiger partial charge on any atom is 0.234 e. The molecule has 1 unspecified atom stereocenters. The van der Waals surface area contributed by atoms with Gasteiger partial charge in [0, 0.05) is 43.4 Å². The van der Waals surface area contributed by atoms with Crippen LogP contribution < -0.4 is 5.32 Å². The zero-order valence-corrected chi connectivity index (χ0v) is 20.8. The van der Waals surface area contributed by atoms with Crippen LogP contribution in [-0.2, 0) is 21.5 Å². The Labute approximate surface area is 209 Å². The fraction of sp³-hybridized carbons (Fsp3) is 0.407. The monoisotopic (exact) mass is 483 g/mol. The number of aromatic nitrogens is 6. The average molecular weight is 484 g/mol. The molecular weight excluding hydrogens is 454 g/mol. The van der Waals surface area contributed by atoms with E-state index in [2.05, 4.69) is 49.7 Å². The van der Waals surface area contributed by atoms with E-state index in [9.17, 15) is 4.79 Å². The van der Waals surface area contributed by atoms with Crippen LogP contribution in [0.1, 0.15) is 44.5 Å². The molecule has 4 aromatic rings. The van der Waals surface area contributed by atoms with Crippen LogP contribution in [0.15, 0.2) is 36.9 Å². The summed E-state index contributed by atoms with van der Waals surface area (Å²) in [5.74, 6) is 2.00. The highest BCUT2D eigenvalue weighted by atomic mass is 16.5. The highest BCUT2D eigenvalue weighted by molar-refractivity contribution is 6.06. The molecule has 1 fully saturated rings. The van der Waals surface area contributed by atoms with E-state index in [0.717, 1.165) is 77.5 Å². The van der Waals surface area contributed by atoms with Crippen LogP contribution in [0.5, 0.6) is 0 Å². The van der Waals surface area contributed by atoms with Gasteiger partial charge in [-0.3, -0.25) is 4.79 Å². The maximum atomic E-state index is 13.2. The predicted molar refractivity (Wildman–Crippen MR) is 136 cm³/mol. The van der Waals surface area contributed by atoms with Gasteiger partial charge in [-0.25, -0.2) is 24.9 Å². The van der Waals surface area contributed by atoms with Crippen LogP contribution in [0.2, 0.25) is 0 Å². The lowest BCUT2D eigenvalue weighted by molar-refractivity contribution is -0.121. The molecule has 0 saturated carbocycles. The summed E-state index contributed by atoms with van der Waals surface area (Å²) in [4.78, 5) is 36.0. The van der Waals surface area contributed by atoms with Crippen LogP contribution in [0, 0.1) is 12.8 Å². The fourth-order valence-electron chi connectivity index (χ4n) is 5.55. The quantitative estimate of drug-likeness (QED) is 0.451. The predicted octanol–water partition coefficient (Wildman–Crippen LogP) is 4.31. The number of aryl methyl sites for hydroxylation is 2. The summed E-state index contributed by atoms with van der Waals surface area (Å²) < 4.78 is 7.60. The standard InChI is InChI=1S/C27H29N7O2/c1-4-34-24(19-13-28-16(2)29-14-19)33-23-22(30-15-31-25(23)34)18-5-6-21-20(11-18)27(3,26(35)32-21)12-17-7-9-36-10-8-17/h5-6,11,13-15,17H,4,7-10,12H2,1-3H3,(H,32,35). The summed E-state index contributed by atoms with van der Waals surface area (Å²) >= 11 is 0. The molecule has 0 aliphatic carbocycles. The number of imidazole rings is 1. The summed E-state index contributed by atoms with van der Waals surface area (Å²) in [5, 5.41) is 3.11. The highest BCUT2D eigenvalue weighted by Gasteiger charge is 2.44. The minimum absolute atomic E-state index is 0.0610. The van der Waals surface area contributed by atoms with E-state index >= 15 is 0 Å². The van der Waals surface area contributed by atoms with Gasteiger partial charge >= 0.3 is 0 Å². The van der Waals surface area contributed by atoms with Crippen LogP contribution >= 0.6 is 0 Å². The van der Waals surface area contributed by atoms with Crippen LogP contribution in [0.4, 0.5) is 5.69 Å². The third kappa shape index (κ3) is 3.65. The first-order valence-corrected chi connectivity index (χ1v) is 12.5. The SMILES string of the molecule is CCn1c(-c2cnc(C)nc2)nc2c(-c3ccc4c(c3)C(C)(CC3CCOCC3)C(=O)N4)ncnc21. The molecule has 3 aromatic heterocycles. The number of ether oxygens (including phenoxy) is 1. The fourth-order valence-corrected chi connectivity index (χ4v) is 5.55. The molecule has 6 rings (SSSR count). The zero-order valence-electron chi connectivity index (χ0n) is 20.8. The van der Waals surface area contributed by atoms with E-state index in [4.69, 9.17) is 9.72 Å². The molecule has 1 aromatic carbocycles. The van der Waals surface area contributed by atoms with Crippen molar-refractivity contribution in [1.82, 2.24) is 29.5 Å².